The van der Waals surface area contributed by atoms with Gasteiger partial charge in [0.15, 0.2) is 6.10 Å². The number of rotatable bonds is 4. The van der Waals surface area contributed by atoms with Gasteiger partial charge in [-0.3, -0.25) is 9.59 Å². The van der Waals surface area contributed by atoms with E-state index in [0.29, 0.717) is 13.0 Å². The first-order valence-corrected chi connectivity index (χ1v) is 6.41. The molecule has 5 nitrogen and oxygen atoms in total. The van der Waals surface area contributed by atoms with Gasteiger partial charge in [0.2, 0.25) is 0 Å². The molecule has 2 rings (SSSR count). The molecule has 1 aliphatic rings. The zero-order chi connectivity index (χ0) is 14.7. The van der Waals surface area contributed by atoms with Crippen molar-refractivity contribution in [3.8, 4) is 5.75 Å². The second-order valence-electron chi connectivity index (χ2n) is 4.83. The molecule has 1 fully saturated rings. The van der Waals surface area contributed by atoms with E-state index in [1.165, 1.54) is 23.1 Å². The number of benzene rings is 1. The monoisotopic (exact) mass is 281 g/mol. The summed E-state index contributed by atoms with van der Waals surface area (Å²) in [4.78, 5) is 24.4. The Balaban J connectivity index is 1.94. The van der Waals surface area contributed by atoms with Crippen molar-refractivity contribution in [2.45, 2.75) is 19.4 Å². The quantitative estimate of drug-likeness (QED) is 0.908. The Hall–Kier alpha value is -2.11. The van der Waals surface area contributed by atoms with E-state index in [-0.39, 0.29) is 18.2 Å². The summed E-state index contributed by atoms with van der Waals surface area (Å²) in [6.07, 6.45) is -0.322. The maximum absolute atomic E-state index is 13.0. The predicted molar refractivity (Wildman–Crippen MR) is 68.8 cm³/mol. The third-order valence-electron chi connectivity index (χ3n) is 3.31. The maximum Gasteiger partial charge on any atom is 0.308 e. The highest BCUT2D eigenvalue weighted by molar-refractivity contribution is 5.82. The number of carbonyl (C=O) groups excluding carboxylic acids is 1. The summed E-state index contributed by atoms with van der Waals surface area (Å²) >= 11 is 0. The number of amides is 1. The van der Waals surface area contributed by atoms with Crippen LogP contribution in [0.3, 0.4) is 0 Å². The molecule has 1 saturated heterocycles. The summed E-state index contributed by atoms with van der Waals surface area (Å²) in [6, 6.07) is 5.56. The van der Waals surface area contributed by atoms with Gasteiger partial charge in [-0.05, 0) is 25.5 Å². The molecule has 1 N–H and O–H groups in total. The minimum absolute atomic E-state index is 0.199. The van der Waals surface area contributed by atoms with E-state index in [1.54, 1.807) is 13.0 Å². The van der Waals surface area contributed by atoms with E-state index >= 15 is 0 Å². The van der Waals surface area contributed by atoms with Crippen LogP contribution in [0.4, 0.5) is 4.39 Å². The lowest BCUT2D eigenvalue weighted by atomic mass is 10.1. The van der Waals surface area contributed by atoms with Gasteiger partial charge in [0.25, 0.3) is 5.91 Å². The van der Waals surface area contributed by atoms with Crippen LogP contribution in [-0.4, -0.2) is 41.1 Å². The number of ether oxygens (including phenoxy) is 1. The zero-order valence-electron chi connectivity index (χ0n) is 11.1. The molecule has 1 heterocycles. The Morgan fingerprint density at radius 2 is 2.25 bits per heavy atom. The van der Waals surface area contributed by atoms with E-state index in [4.69, 9.17) is 9.84 Å². The number of likely N-dealkylation sites (tertiary alicyclic amines) is 1. The molecule has 6 heteroatoms. The molecule has 0 aromatic heterocycles. The van der Waals surface area contributed by atoms with Crippen molar-refractivity contribution in [1.29, 1.82) is 0 Å². The van der Waals surface area contributed by atoms with Gasteiger partial charge in [-0.2, -0.15) is 0 Å². The Morgan fingerprint density at radius 1 is 1.50 bits per heavy atom. The lowest BCUT2D eigenvalue weighted by Gasteiger charge is -2.21. The highest BCUT2D eigenvalue weighted by atomic mass is 19.1. The highest BCUT2D eigenvalue weighted by Crippen LogP contribution is 2.19. The Morgan fingerprint density at radius 3 is 2.85 bits per heavy atom. The fourth-order valence-corrected chi connectivity index (χ4v) is 2.21. The van der Waals surface area contributed by atoms with Crippen molar-refractivity contribution in [3.05, 3.63) is 30.1 Å². The van der Waals surface area contributed by atoms with Crippen molar-refractivity contribution in [1.82, 2.24) is 4.90 Å². The molecule has 1 amide bonds. The number of aliphatic carboxylic acids is 1. The molecule has 0 radical (unpaired) electrons. The average molecular weight is 281 g/mol. The van der Waals surface area contributed by atoms with E-state index in [9.17, 15) is 14.0 Å². The smallest absolute Gasteiger partial charge is 0.308 e. The van der Waals surface area contributed by atoms with Gasteiger partial charge in [0, 0.05) is 19.2 Å². The van der Waals surface area contributed by atoms with Crippen molar-refractivity contribution in [2.75, 3.05) is 13.1 Å². The molecule has 108 valence electrons. The van der Waals surface area contributed by atoms with Crippen LogP contribution in [0.15, 0.2) is 24.3 Å². The van der Waals surface area contributed by atoms with E-state index < -0.39 is 23.8 Å². The average Bonchev–Trinajstić information content (AvgIpc) is 2.87. The van der Waals surface area contributed by atoms with Gasteiger partial charge < -0.3 is 14.7 Å². The highest BCUT2D eigenvalue weighted by Gasteiger charge is 2.33. The van der Waals surface area contributed by atoms with Gasteiger partial charge >= 0.3 is 5.97 Å². The summed E-state index contributed by atoms with van der Waals surface area (Å²) in [5.41, 5.74) is 0. The molecule has 1 aliphatic heterocycles. The normalized spacial score (nSPS) is 19.7. The van der Waals surface area contributed by atoms with Crippen LogP contribution in [0.5, 0.6) is 5.75 Å². The first-order valence-electron chi connectivity index (χ1n) is 6.41. The fraction of sp³-hybridized carbons (Fsp3) is 0.429. The topological polar surface area (TPSA) is 66.8 Å². The molecule has 0 spiro atoms. The first kappa shape index (κ1) is 14.3. The Labute approximate surface area is 116 Å². The van der Waals surface area contributed by atoms with Crippen molar-refractivity contribution < 1.29 is 23.8 Å². The molecule has 2 atom stereocenters. The largest absolute Gasteiger partial charge is 0.481 e. The predicted octanol–water partition coefficient (Wildman–Crippen LogP) is 1.53. The molecular formula is C14H16FNO4. The second kappa shape index (κ2) is 5.90. The number of halogens is 1. The van der Waals surface area contributed by atoms with Crippen LogP contribution in [0.1, 0.15) is 13.3 Å². The molecular weight excluding hydrogens is 265 g/mol. The minimum atomic E-state index is -0.890. The maximum atomic E-state index is 13.0. The van der Waals surface area contributed by atoms with E-state index in [0.717, 1.165) is 0 Å². The summed E-state index contributed by atoms with van der Waals surface area (Å²) in [6.45, 7) is 2.18. The van der Waals surface area contributed by atoms with Crippen LogP contribution >= 0.6 is 0 Å². The number of nitrogens with zero attached hydrogens (tertiary/aromatic N) is 1. The summed E-state index contributed by atoms with van der Waals surface area (Å²) in [7, 11) is 0. The number of carboxylic acid groups (broad SMARTS) is 1. The van der Waals surface area contributed by atoms with Crippen molar-refractivity contribution in [2.24, 2.45) is 5.92 Å². The van der Waals surface area contributed by atoms with Gasteiger partial charge in [0.1, 0.15) is 11.6 Å². The molecule has 0 aliphatic carbocycles. The van der Waals surface area contributed by atoms with E-state index in [1.807, 2.05) is 0 Å². The van der Waals surface area contributed by atoms with Crippen LogP contribution in [0.25, 0.3) is 0 Å². The van der Waals surface area contributed by atoms with E-state index in [2.05, 4.69) is 0 Å². The van der Waals surface area contributed by atoms with Gasteiger partial charge in [-0.25, -0.2) is 4.39 Å². The summed E-state index contributed by atoms with van der Waals surface area (Å²) in [5.74, 6) is -1.84. The number of carbonyl (C=O) groups is 2. The van der Waals surface area contributed by atoms with Gasteiger partial charge in [0.05, 0.1) is 5.92 Å². The minimum Gasteiger partial charge on any atom is -0.481 e. The summed E-state index contributed by atoms with van der Waals surface area (Å²) in [5, 5.41) is 8.91. The molecule has 20 heavy (non-hydrogen) atoms. The number of hydrogen-bond donors (Lipinski definition) is 1. The standard InChI is InChI=1S/C14H16FNO4/c1-9(20-12-4-2-3-11(15)7-12)13(17)16-6-5-10(8-16)14(18)19/h2-4,7,9-10H,5-6,8H2,1H3,(H,18,19). The fourth-order valence-electron chi connectivity index (χ4n) is 2.21. The molecule has 0 bridgehead atoms. The lowest BCUT2D eigenvalue weighted by molar-refractivity contribution is -0.142. The Kier molecular flexibility index (Phi) is 4.22. The second-order valence-corrected chi connectivity index (χ2v) is 4.83. The summed E-state index contributed by atoms with van der Waals surface area (Å²) < 4.78 is 18.4. The zero-order valence-corrected chi connectivity index (χ0v) is 11.1. The lowest BCUT2D eigenvalue weighted by Crippen LogP contribution is -2.39. The third-order valence-corrected chi connectivity index (χ3v) is 3.31. The third kappa shape index (κ3) is 3.26. The van der Waals surface area contributed by atoms with Crippen LogP contribution in [0.2, 0.25) is 0 Å². The van der Waals surface area contributed by atoms with Crippen molar-refractivity contribution in [3.63, 3.8) is 0 Å². The van der Waals surface area contributed by atoms with Crippen LogP contribution < -0.4 is 4.74 Å². The number of hydrogen-bond acceptors (Lipinski definition) is 3. The first-order chi connectivity index (χ1) is 9.47. The van der Waals surface area contributed by atoms with Gasteiger partial charge in [-0.15, -0.1) is 0 Å². The molecule has 2 unspecified atom stereocenters. The number of carboxylic acids is 1. The molecule has 0 saturated carbocycles. The van der Waals surface area contributed by atoms with Crippen LogP contribution in [-0.2, 0) is 9.59 Å². The molecule has 1 aromatic rings. The Bertz CT molecular complexity index is 520. The molecule has 1 aromatic carbocycles. The van der Waals surface area contributed by atoms with Gasteiger partial charge in [-0.1, -0.05) is 6.07 Å². The van der Waals surface area contributed by atoms with Crippen LogP contribution in [0, 0.1) is 11.7 Å². The SMILES string of the molecule is CC(Oc1cccc(F)c1)C(=O)N1CCC(C(=O)O)C1. The van der Waals surface area contributed by atoms with Crippen molar-refractivity contribution >= 4 is 11.9 Å².